The van der Waals surface area contributed by atoms with E-state index in [-0.39, 0.29) is 0 Å². The van der Waals surface area contributed by atoms with Crippen molar-refractivity contribution in [3.8, 4) is 0 Å². The second kappa shape index (κ2) is 4.77. The summed E-state index contributed by atoms with van der Waals surface area (Å²) in [6, 6.07) is 0. The Balaban J connectivity index is 1.89. The van der Waals surface area contributed by atoms with E-state index in [9.17, 15) is 0 Å². The molecular weight excluding hydrogens is 222 g/mol. The van der Waals surface area contributed by atoms with Crippen molar-refractivity contribution in [2.75, 3.05) is 52.9 Å². The van der Waals surface area contributed by atoms with Gasteiger partial charge in [-0.2, -0.15) is 0 Å². The molecule has 4 aliphatic rings. The van der Waals surface area contributed by atoms with Crippen molar-refractivity contribution in [1.82, 2.24) is 15.1 Å². The Morgan fingerprint density at radius 1 is 1.17 bits per heavy atom. The van der Waals surface area contributed by atoms with Gasteiger partial charge in [-0.3, -0.25) is 0 Å². The summed E-state index contributed by atoms with van der Waals surface area (Å²) in [5.41, 5.74) is 0.564. The molecule has 3 nitrogen and oxygen atoms in total. The van der Waals surface area contributed by atoms with E-state index in [0.717, 1.165) is 17.8 Å². The fourth-order valence-corrected chi connectivity index (χ4v) is 4.93. The summed E-state index contributed by atoms with van der Waals surface area (Å²) in [5.74, 6) is 2.67. The first-order valence-corrected chi connectivity index (χ1v) is 7.75. The lowest BCUT2D eigenvalue weighted by atomic mass is 9.57. The van der Waals surface area contributed by atoms with Crippen LogP contribution < -0.4 is 5.32 Å². The summed E-state index contributed by atoms with van der Waals surface area (Å²) in [4.78, 5) is 5.51. The standard InChI is InChI=1S/C15H29N3/c1-12(2)15-10-17-6-7-18(11-15)9-13(8-17)14(15)4-5-16-3/h12-14,16H,4-11H2,1-3H3. The third kappa shape index (κ3) is 1.91. The van der Waals surface area contributed by atoms with E-state index < -0.39 is 0 Å². The van der Waals surface area contributed by atoms with Gasteiger partial charge in [-0.15, -0.1) is 0 Å². The molecule has 3 heteroatoms. The summed E-state index contributed by atoms with van der Waals surface area (Å²) >= 11 is 0. The van der Waals surface area contributed by atoms with Crippen molar-refractivity contribution in [3.63, 3.8) is 0 Å². The van der Waals surface area contributed by atoms with E-state index in [4.69, 9.17) is 0 Å². The van der Waals surface area contributed by atoms with Crippen LogP contribution in [0.5, 0.6) is 0 Å². The fourth-order valence-electron chi connectivity index (χ4n) is 4.93. The van der Waals surface area contributed by atoms with Crippen LogP contribution in [0.4, 0.5) is 0 Å². The molecular formula is C15H29N3. The van der Waals surface area contributed by atoms with Gasteiger partial charge in [-0.1, -0.05) is 13.8 Å². The molecule has 1 N–H and O–H groups in total. The van der Waals surface area contributed by atoms with E-state index in [2.05, 4.69) is 36.0 Å². The van der Waals surface area contributed by atoms with Crippen molar-refractivity contribution in [1.29, 1.82) is 0 Å². The Bertz CT molecular complexity index is 286. The van der Waals surface area contributed by atoms with Gasteiger partial charge >= 0.3 is 0 Å². The van der Waals surface area contributed by atoms with Crippen LogP contribution in [0.15, 0.2) is 0 Å². The molecule has 0 saturated carbocycles. The van der Waals surface area contributed by atoms with Crippen molar-refractivity contribution >= 4 is 0 Å². The van der Waals surface area contributed by atoms with Crippen LogP contribution >= 0.6 is 0 Å². The van der Waals surface area contributed by atoms with Gasteiger partial charge in [0.15, 0.2) is 0 Å². The number of nitrogens with zero attached hydrogens (tertiary/aromatic N) is 2. The zero-order valence-electron chi connectivity index (χ0n) is 12.3. The lowest BCUT2D eigenvalue weighted by Crippen LogP contribution is -2.62. The molecule has 0 aromatic heterocycles. The molecule has 4 rings (SSSR count). The van der Waals surface area contributed by atoms with Crippen molar-refractivity contribution < 1.29 is 0 Å². The topological polar surface area (TPSA) is 18.5 Å². The van der Waals surface area contributed by atoms with Crippen LogP contribution in [0.2, 0.25) is 0 Å². The molecule has 0 aromatic carbocycles. The first-order chi connectivity index (χ1) is 8.65. The highest BCUT2D eigenvalue weighted by Gasteiger charge is 2.54. The maximum atomic E-state index is 3.37. The second-order valence-electron chi connectivity index (χ2n) is 7.12. The monoisotopic (exact) mass is 251 g/mol. The summed E-state index contributed by atoms with van der Waals surface area (Å²) in [6.07, 6.45) is 1.38. The Morgan fingerprint density at radius 3 is 2.28 bits per heavy atom. The Kier molecular flexibility index (Phi) is 3.41. The third-order valence-corrected chi connectivity index (χ3v) is 5.92. The van der Waals surface area contributed by atoms with Crippen molar-refractivity contribution in [2.45, 2.75) is 20.3 Å². The molecule has 3 unspecified atom stereocenters. The fraction of sp³-hybridized carbons (Fsp3) is 1.00. The molecule has 0 aromatic rings. The maximum Gasteiger partial charge on any atom is 0.0110 e. The van der Waals surface area contributed by atoms with Crippen LogP contribution in [0.25, 0.3) is 0 Å². The number of fused-ring (bicyclic) bond motifs is 1. The Morgan fingerprint density at radius 2 is 1.78 bits per heavy atom. The smallest absolute Gasteiger partial charge is 0.0110 e. The van der Waals surface area contributed by atoms with E-state index in [1.165, 1.54) is 52.2 Å². The highest BCUT2D eigenvalue weighted by molar-refractivity contribution is 5.06. The molecule has 104 valence electrons. The number of hydrogen-bond donors (Lipinski definition) is 1. The third-order valence-electron chi connectivity index (χ3n) is 5.92. The van der Waals surface area contributed by atoms with Crippen molar-refractivity contribution in [2.24, 2.45) is 23.2 Å². The zero-order valence-corrected chi connectivity index (χ0v) is 12.3. The molecule has 0 spiro atoms. The lowest BCUT2D eigenvalue weighted by Gasteiger charge is -2.58. The average molecular weight is 251 g/mol. The van der Waals surface area contributed by atoms with Gasteiger partial charge in [-0.25, -0.2) is 0 Å². The Hall–Kier alpha value is -0.120. The van der Waals surface area contributed by atoms with E-state index in [1.807, 2.05) is 0 Å². The number of rotatable bonds is 4. The molecule has 4 fully saturated rings. The van der Waals surface area contributed by atoms with Crippen LogP contribution in [0.3, 0.4) is 0 Å². The first kappa shape index (κ1) is 12.9. The van der Waals surface area contributed by atoms with Gasteiger partial charge < -0.3 is 15.1 Å². The quantitative estimate of drug-likeness (QED) is 0.808. The first-order valence-electron chi connectivity index (χ1n) is 7.75. The lowest BCUT2D eigenvalue weighted by molar-refractivity contribution is -0.0892. The van der Waals surface area contributed by atoms with Gasteiger partial charge in [0, 0.05) is 44.7 Å². The highest BCUT2D eigenvalue weighted by Crippen LogP contribution is 2.50. The number of hydrogen-bond acceptors (Lipinski definition) is 3. The molecule has 0 amide bonds. The molecule has 4 bridgehead atoms. The van der Waals surface area contributed by atoms with Crippen molar-refractivity contribution in [3.05, 3.63) is 0 Å². The molecule has 4 saturated heterocycles. The average Bonchev–Trinajstić information content (AvgIpc) is 2.57. The van der Waals surface area contributed by atoms with E-state index >= 15 is 0 Å². The Labute approximate surface area is 112 Å². The van der Waals surface area contributed by atoms with Gasteiger partial charge in [0.1, 0.15) is 0 Å². The number of nitrogens with one attached hydrogen (secondary N) is 1. The van der Waals surface area contributed by atoms with E-state index in [0.29, 0.717) is 5.41 Å². The highest BCUT2D eigenvalue weighted by atomic mass is 15.3. The largest absolute Gasteiger partial charge is 0.320 e. The van der Waals surface area contributed by atoms with Crippen LogP contribution in [0.1, 0.15) is 20.3 Å². The summed E-state index contributed by atoms with van der Waals surface area (Å²) in [6.45, 7) is 14.2. The molecule has 0 radical (unpaired) electrons. The van der Waals surface area contributed by atoms with Crippen LogP contribution in [-0.2, 0) is 0 Å². The van der Waals surface area contributed by atoms with Gasteiger partial charge in [-0.05, 0) is 37.8 Å². The summed E-state index contributed by atoms with van der Waals surface area (Å²) in [5, 5.41) is 3.37. The predicted molar refractivity (Wildman–Crippen MR) is 75.7 cm³/mol. The minimum Gasteiger partial charge on any atom is -0.320 e. The molecule has 4 aliphatic heterocycles. The molecule has 3 atom stereocenters. The normalized spacial score (nSPS) is 46.7. The van der Waals surface area contributed by atoms with Gasteiger partial charge in [0.25, 0.3) is 0 Å². The summed E-state index contributed by atoms with van der Waals surface area (Å²) < 4.78 is 0. The maximum absolute atomic E-state index is 3.37. The second-order valence-corrected chi connectivity index (χ2v) is 7.12. The van der Waals surface area contributed by atoms with Gasteiger partial charge in [0.05, 0.1) is 0 Å². The minimum absolute atomic E-state index is 0.564. The number of piperidine rings is 2. The molecule has 4 heterocycles. The van der Waals surface area contributed by atoms with E-state index in [1.54, 1.807) is 0 Å². The molecule has 18 heavy (non-hydrogen) atoms. The summed E-state index contributed by atoms with van der Waals surface area (Å²) in [7, 11) is 2.09. The minimum atomic E-state index is 0.564. The van der Waals surface area contributed by atoms with Gasteiger partial charge in [0.2, 0.25) is 0 Å². The SMILES string of the molecule is CNCCC1C2CN3CCN(C2)CC1(C(C)C)C3. The molecule has 0 aliphatic carbocycles. The van der Waals surface area contributed by atoms with Crippen LogP contribution in [0, 0.1) is 23.2 Å². The zero-order chi connectivity index (χ0) is 12.8. The predicted octanol–water partition coefficient (Wildman–Crippen LogP) is 1.12. The van der Waals surface area contributed by atoms with Crippen LogP contribution in [-0.4, -0.2) is 62.7 Å².